The number of ether oxygens (including phenoxy) is 3. The van der Waals surface area contributed by atoms with Crippen LogP contribution in [0.15, 0.2) is 72.8 Å². The van der Waals surface area contributed by atoms with Gasteiger partial charge in [-0.3, -0.25) is 4.79 Å². The third kappa shape index (κ3) is 12.7. The SMILES string of the molecule is CCCCCCCCCCOc1ccc(-c2ccc(C(=O)Oc3ccc(OC(=O)C(C)CCCC(C)C)cc3)cc2)cc1. The third-order valence-electron chi connectivity index (χ3n) is 7.65. The van der Waals surface area contributed by atoms with E-state index in [1.54, 1.807) is 36.4 Å². The van der Waals surface area contributed by atoms with Gasteiger partial charge < -0.3 is 14.2 Å². The zero-order valence-electron chi connectivity index (χ0n) is 26.6. The van der Waals surface area contributed by atoms with Gasteiger partial charge in [0.2, 0.25) is 0 Å². The summed E-state index contributed by atoms with van der Waals surface area (Å²) in [5.41, 5.74) is 2.52. The molecule has 0 heterocycles. The predicted molar refractivity (Wildman–Crippen MR) is 175 cm³/mol. The fourth-order valence-electron chi connectivity index (χ4n) is 4.88. The van der Waals surface area contributed by atoms with E-state index in [0.717, 1.165) is 49.2 Å². The molecule has 0 N–H and O–H groups in total. The van der Waals surface area contributed by atoms with Crippen molar-refractivity contribution in [1.29, 1.82) is 0 Å². The largest absolute Gasteiger partial charge is 0.494 e. The summed E-state index contributed by atoms with van der Waals surface area (Å²) >= 11 is 0. The molecule has 43 heavy (non-hydrogen) atoms. The van der Waals surface area contributed by atoms with Gasteiger partial charge in [-0.15, -0.1) is 0 Å². The molecule has 0 saturated carbocycles. The highest BCUT2D eigenvalue weighted by molar-refractivity contribution is 5.91. The number of hydrogen-bond donors (Lipinski definition) is 0. The summed E-state index contributed by atoms with van der Waals surface area (Å²) in [6.07, 6.45) is 13.2. The Labute approximate surface area is 259 Å². The van der Waals surface area contributed by atoms with Gasteiger partial charge in [0, 0.05) is 0 Å². The highest BCUT2D eigenvalue weighted by Gasteiger charge is 2.16. The molecule has 0 bridgehead atoms. The number of unbranched alkanes of at least 4 members (excludes halogenated alkanes) is 7. The molecule has 0 aliphatic rings. The summed E-state index contributed by atoms with van der Waals surface area (Å²) in [5, 5.41) is 0. The lowest BCUT2D eigenvalue weighted by atomic mass is 10.00. The van der Waals surface area contributed by atoms with Gasteiger partial charge in [0.25, 0.3) is 0 Å². The number of carbonyl (C=O) groups excluding carboxylic acids is 2. The molecule has 5 heteroatoms. The lowest BCUT2D eigenvalue weighted by Gasteiger charge is -2.12. The van der Waals surface area contributed by atoms with Crippen molar-refractivity contribution in [3.63, 3.8) is 0 Å². The van der Waals surface area contributed by atoms with Crippen molar-refractivity contribution < 1.29 is 23.8 Å². The van der Waals surface area contributed by atoms with Crippen LogP contribution < -0.4 is 14.2 Å². The molecule has 0 aliphatic heterocycles. The van der Waals surface area contributed by atoms with Gasteiger partial charge in [0.1, 0.15) is 17.2 Å². The third-order valence-corrected chi connectivity index (χ3v) is 7.65. The molecule has 0 amide bonds. The molecule has 3 rings (SSSR count). The normalized spacial score (nSPS) is 11.7. The number of rotatable bonds is 19. The monoisotopic (exact) mass is 586 g/mol. The number of carbonyl (C=O) groups is 2. The van der Waals surface area contributed by atoms with Crippen LogP contribution in [0.2, 0.25) is 0 Å². The molecule has 1 unspecified atom stereocenters. The molecule has 0 aromatic heterocycles. The fraction of sp³-hybridized carbons (Fsp3) is 0.474. The maximum absolute atomic E-state index is 12.7. The minimum Gasteiger partial charge on any atom is -0.494 e. The number of esters is 2. The van der Waals surface area contributed by atoms with Gasteiger partial charge in [0.15, 0.2) is 0 Å². The van der Waals surface area contributed by atoms with Crippen LogP contribution in [0.5, 0.6) is 17.2 Å². The molecule has 0 saturated heterocycles. The average Bonchev–Trinajstić information content (AvgIpc) is 3.01. The van der Waals surface area contributed by atoms with Crippen molar-refractivity contribution in [2.45, 2.75) is 98.3 Å². The molecule has 3 aromatic rings. The Morgan fingerprint density at radius 1 is 0.581 bits per heavy atom. The van der Waals surface area contributed by atoms with Gasteiger partial charge in [-0.2, -0.15) is 0 Å². The Kier molecular flexibility index (Phi) is 14.8. The van der Waals surface area contributed by atoms with Crippen molar-refractivity contribution >= 4 is 11.9 Å². The molecule has 0 fully saturated rings. The van der Waals surface area contributed by atoms with Gasteiger partial charge in [0.05, 0.1) is 18.1 Å². The molecule has 0 aliphatic carbocycles. The summed E-state index contributed by atoms with van der Waals surface area (Å²) < 4.78 is 17.0. The second kappa shape index (κ2) is 18.8. The molecule has 232 valence electrons. The number of benzene rings is 3. The Morgan fingerprint density at radius 3 is 1.67 bits per heavy atom. The van der Waals surface area contributed by atoms with Crippen LogP contribution in [-0.2, 0) is 4.79 Å². The van der Waals surface area contributed by atoms with Gasteiger partial charge in [-0.25, -0.2) is 4.79 Å². The van der Waals surface area contributed by atoms with Gasteiger partial charge in [-0.1, -0.05) is 110 Å². The van der Waals surface area contributed by atoms with Crippen molar-refractivity contribution in [1.82, 2.24) is 0 Å². The van der Waals surface area contributed by atoms with Crippen LogP contribution in [0.1, 0.15) is 109 Å². The van der Waals surface area contributed by atoms with Crippen molar-refractivity contribution in [2.75, 3.05) is 6.61 Å². The first-order valence-corrected chi connectivity index (χ1v) is 16.2. The van der Waals surface area contributed by atoms with E-state index in [1.165, 1.54) is 44.9 Å². The van der Waals surface area contributed by atoms with Crippen molar-refractivity contribution in [3.05, 3.63) is 78.4 Å². The predicted octanol–water partition coefficient (Wildman–Crippen LogP) is 10.5. The summed E-state index contributed by atoms with van der Waals surface area (Å²) in [6, 6.07) is 22.0. The molecule has 3 aromatic carbocycles. The maximum Gasteiger partial charge on any atom is 0.343 e. The Balaban J connectivity index is 1.40. The van der Waals surface area contributed by atoms with E-state index >= 15 is 0 Å². The Hall–Kier alpha value is -3.60. The van der Waals surface area contributed by atoms with E-state index in [4.69, 9.17) is 14.2 Å². The summed E-state index contributed by atoms with van der Waals surface area (Å²) in [4.78, 5) is 25.1. The standard InChI is InChI=1S/C38H50O5/c1-5-6-7-8-9-10-11-12-28-41-34-22-20-32(21-23-34)31-16-18-33(19-17-31)38(40)43-36-26-24-35(25-27-36)42-37(39)30(4)15-13-14-29(2)3/h16-27,29-30H,5-15,28H2,1-4H3. The van der Waals surface area contributed by atoms with Crippen LogP contribution in [0.4, 0.5) is 0 Å². The Bertz CT molecular complexity index is 1210. The highest BCUT2D eigenvalue weighted by atomic mass is 16.5. The minimum atomic E-state index is -0.445. The average molecular weight is 587 g/mol. The first-order chi connectivity index (χ1) is 20.9. The zero-order valence-corrected chi connectivity index (χ0v) is 26.6. The first kappa shape index (κ1) is 33.9. The first-order valence-electron chi connectivity index (χ1n) is 16.2. The minimum absolute atomic E-state index is 0.157. The second-order valence-corrected chi connectivity index (χ2v) is 11.9. The molecule has 1 atom stereocenters. The van der Waals surface area contributed by atoms with Crippen LogP contribution in [0.3, 0.4) is 0 Å². The Morgan fingerprint density at radius 2 is 1.09 bits per heavy atom. The summed E-state index contributed by atoms with van der Waals surface area (Å²) in [6.45, 7) is 9.26. The topological polar surface area (TPSA) is 61.8 Å². The zero-order chi connectivity index (χ0) is 30.9. The lowest BCUT2D eigenvalue weighted by Crippen LogP contribution is -2.18. The number of hydrogen-bond acceptors (Lipinski definition) is 5. The van der Waals surface area contributed by atoms with E-state index in [-0.39, 0.29) is 11.9 Å². The lowest BCUT2D eigenvalue weighted by molar-refractivity contribution is -0.138. The van der Waals surface area contributed by atoms with Gasteiger partial charge in [-0.05, 0) is 78.4 Å². The smallest absolute Gasteiger partial charge is 0.343 e. The molecule has 0 radical (unpaired) electrons. The molecular weight excluding hydrogens is 536 g/mol. The molecular formula is C38H50O5. The van der Waals surface area contributed by atoms with Gasteiger partial charge >= 0.3 is 11.9 Å². The second-order valence-electron chi connectivity index (χ2n) is 11.9. The van der Waals surface area contributed by atoms with E-state index in [1.807, 2.05) is 43.3 Å². The van der Waals surface area contributed by atoms with Crippen molar-refractivity contribution in [2.24, 2.45) is 11.8 Å². The van der Waals surface area contributed by atoms with E-state index in [0.29, 0.717) is 23.0 Å². The van der Waals surface area contributed by atoms with E-state index in [9.17, 15) is 9.59 Å². The quantitative estimate of drug-likeness (QED) is 0.0794. The van der Waals surface area contributed by atoms with Crippen LogP contribution in [0, 0.1) is 11.8 Å². The highest BCUT2D eigenvalue weighted by Crippen LogP contribution is 2.25. The van der Waals surface area contributed by atoms with Crippen LogP contribution in [-0.4, -0.2) is 18.5 Å². The summed E-state index contributed by atoms with van der Waals surface area (Å²) in [5.74, 6) is 1.49. The maximum atomic E-state index is 12.7. The molecule has 5 nitrogen and oxygen atoms in total. The summed E-state index contributed by atoms with van der Waals surface area (Å²) in [7, 11) is 0. The van der Waals surface area contributed by atoms with Crippen LogP contribution in [0.25, 0.3) is 11.1 Å². The van der Waals surface area contributed by atoms with E-state index in [2.05, 4.69) is 20.8 Å². The van der Waals surface area contributed by atoms with E-state index < -0.39 is 5.97 Å². The fourth-order valence-corrected chi connectivity index (χ4v) is 4.88. The molecule has 0 spiro atoms. The van der Waals surface area contributed by atoms with Crippen LogP contribution >= 0.6 is 0 Å². The van der Waals surface area contributed by atoms with Crippen molar-refractivity contribution in [3.8, 4) is 28.4 Å².